The van der Waals surface area contributed by atoms with Crippen LogP contribution in [-0.2, 0) is 14.1 Å². The number of allylic oxidation sites excluding steroid dienone is 1. The lowest BCUT2D eigenvalue weighted by Gasteiger charge is -2.13. The number of alkyl halides is 3. The summed E-state index contributed by atoms with van der Waals surface area (Å²) in [6.07, 6.45) is 2.24. The van der Waals surface area contributed by atoms with Gasteiger partial charge in [-0.15, -0.1) is 13.2 Å². The van der Waals surface area contributed by atoms with E-state index in [2.05, 4.69) is 15.0 Å². The lowest BCUT2D eigenvalue weighted by atomic mass is 9.96. The number of aromatic amines is 1. The largest absolute Gasteiger partial charge is 0.503 e. The maximum Gasteiger partial charge on any atom is 0.503 e. The molecule has 0 saturated heterocycles. The number of fused-ring (bicyclic) bond motifs is 1. The molecule has 4 aromatic heterocycles. The molecule has 0 aliphatic heterocycles. The van der Waals surface area contributed by atoms with Crippen molar-refractivity contribution in [1.82, 2.24) is 19.1 Å². The molecule has 0 bridgehead atoms. The summed E-state index contributed by atoms with van der Waals surface area (Å²) in [4.78, 5) is 34.4. The zero-order valence-electron chi connectivity index (χ0n) is 18.4. The molecule has 3 N–H and O–H groups in total. The second-order valence-electron chi connectivity index (χ2n) is 7.66. The van der Waals surface area contributed by atoms with Crippen molar-refractivity contribution in [3.63, 3.8) is 0 Å². The lowest BCUT2D eigenvalue weighted by Crippen LogP contribution is -2.18. The summed E-state index contributed by atoms with van der Waals surface area (Å²) in [5.74, 6) is -1.02. The molecule has 0 atom stereocenters. The third-order valence-corrected chi connectivity index (χ3v) is 5.37. The predicted octanol–water partition coefficient (Wildman–Crippen LogP) is 3.32. The molecule has 4 heterocycles. The van der Waals surface area contributed by atoms with Crippen LogP contribution < -0.4 is 16.9 Å². The third-order valence-electron chi connectivity index (χ3n) is 5.37. The fourth-order valence-corrected chi connectivity index (χ4v) is 3.73. The Hall–Kier alpha value is -4.48. The van der Waals surface area contributed by atoms with Crippen molar-refractivity contribution in [2.45, 2.75) is 6.30 Å². The SMILES string of the molecule is Cn1cc(-c2cccnc2)c(-c2cn(C)c(=O)c3[nH]c(C(=C/N)/C=N/C(F)(F)F)c(F)c23)cc1=O. The topological polar surface area (TPSA) is 111 Å². The fraction of sp³-hybridized carbons (Fsp3) is 0.130. The van der Waals surface area contributed by atoms with Crippen LogP contribution in [0.4, 0.5) is 17.6 Å². The van der Waals surface area contributed by atoms with Gasteiger partial charge in [0.05, 0.1) is 11.1 Å². The van der Waals surface area contributed by atoms with Crippen LogP contribution in [-0.4, -0.2) is 31.6 Å². The second-order valence-corrected chi connectivity index (χ2v) is 7.66. The van der Waals surface area contributed by atoms with Gasteiger partial charge in [0.15, 0.2) is 5.82 Å². The number of nitrogens with two attached hydrogens (primary N) is 1. The Bertz CT molecular complexity index is 1610. The fourth-order valence-electron chi connectivity index (χ4n) is 3.73. The number of aliphatic imine (C=N–C) groups is 1. The number of H-pyrrole nitrogens is 1. The maximum absolute atomic E-state index is 15.7. The molecule has 0 unspecified atom stereocenters. The van der Waals surface area contributed by atoms with Gasteiger partial charge in [0.2, 0.25) is 0 Å². The maximum atomic E-state index is 15.7. The molecule has 8 nitrogen and oxygen atoms in total. The number of aryl methyl sites for hydroxylation is 2. The Labute approximate surface area is 194 Å². The molecule has 4 aromatic rings. The number of hydrogen-bond donors (Lipinski definition) is 2. The standard InChI is InChI=1S/C23H18F4N6O2/c1-32-10-15(12-4-3-5-29-8-12)14(6-17(32)34)16-11-33(2)22(35)21-18(16)19(24)20(31-21)13(7-28)9-30-23(25,26)27/h3-11,31H,28H2,1-2H3/b13-7+,30-9+. The van der Waals surface area contributed by atoms with Gasteiger partial charge >= 0.3 is 6.30 Å². The average Bonchev–Trinajstić information content (AvgIpc) is 3.15. The van der Waals surface area contributed by atoms with Crippen LogP contribution in [0, 0.1) is 5.82 Å². The van der Waals surface area contributed by atoms with Crippen molar-refractivity contribution in [1.29, 1.82) is 0 Å². The van der Waals surface area contributed by atoms with Crippen LogP contribution >= 0.6 is 0 Å². The highest BCUT2D eigenvalue weighted by Crippen LogP contribution is 2.37. The number of nitrogens with zero attached hydrogens (tertiary/aromatic N) is 4. The van der Waals surface area contributed by atoms with Gasteiger partial charge in [-0.1, -0.05) is 6.07 Å². The van der Waals surface area contributed by atoms with Crippen molar-refractivity contribution in [3.05, 3.63) is 81.4 Å². The molecule has 12 heteroatoms. The Morgan fingerprint density at radius 1 is 1.14 bits per heavy atom. The first-order valence-electron chi connectivity index (χ1n) is 10.1. The van der Waals surface area contributed by atoms with Crippen molar-refractivity contribution in [2.75, 3.05) is 0 Å². The van der Waals surface area contributed by atoms with Gasteiger partial charge < -0.3 is 19.9 Å². The van der Waals surface area contributed by atoms with Gasteiger partial charge in [0.25, 0.3) is 11.1 Å². The number of halogens is 4. The summed E-state index contributed by atoms with van der Waals surface area (Å²) in [6, 6.07) is 4.73. The van der Waals surface area contributed by atoms with Crippen molar-refractivity contribution in [2.24, 2.45) is 24.8 Å². The van der Waals surface area contributed by atoms with E-state index in [0.717, 1.165) is 6.20 Å². The van der Waals surface area contributed by atoms with E-state index in [1.54, 1.807) is 37.8 Å². The van der Waals surface area contributed by atoms with Gasteiger partial charge in [0.1, 0.15) is 5.52 Å². The minimum Gasteiger partial charge on any atom is -0.404 e. The normalized spacial score (nSPS) is 12.7. The van der Waals surface area contributed by atoms with Gasteiger partial charge in [-0.05, 0) is 11.6 Å². The molecule has 0 aliphatic carbocycles. The van der Waals surface area contributed by atoms with E-state index in [4.69, 9.17) is 5.73 Å². The lowest BCUT2D eigenvalue weighted by molar-refractivity contribution is -0.118. The zero-order chi connectivity index (χ0) is 25.5. The minimum atomic E-state index is -4.90. The van der Waals surface area contributed by atoms with Crippen LogP contribution in [0.15, 0.2) is 63.8 Å². The molecular weight excluding hydrogens is 468 g/mol. The first-order valence-corrected chi connectivity index (χ1v) is 10.1. The molecule has 0 fully saturated rings. The number of nitrogens with one attached hydrogen (secondary N) is 1. The molecule has 35 heavy (non-hydrogen) atoms. The minimum absolute atomic E-state index is 0.169. The molecule has 0 radical (unpaired) electrons. The summed E-state index contributed by atoms with van der Waals surface area (Å²) in [6.45, 7) is 0. The molecule has 0 aliphatic rings. The van der Waals surface area contributed by atoms with Gasteiger partial charge in [-0.2, -0.15) is 4.99 Å². The second kappa shape index (κ2) is 8.70. The summed E-state index contributed by atoms with van der Waals surface area (Å²) < 4.78 is 56.0. The Morgan fingerprint density at radius 3 is 2.49 bits per heavy atom. The number of pyridine rings is 3. The smallest absolute Gasteiger partial charge is 0.404 e. The molecule has 180 valence electrons. The molecule has 0 amide bonds. The quantitative estimate of drug-likeness (QED) is 0.262. The van der Waals surface area contributed by atoms with Gasteiger partial charge in [-0.3, -0.25) is 14.6 Å². The van der Waals surface area contributed by atoms with Crippen molar-refractivity contribution >= 4 is 22.7 Å². The van der Waals surface area contributed by atoms with E-state index < -0.39 is 34.5 Å². The number of aromatic nitrogens is 4. The summed E-state index contributed by atoms with van der Waals surface area (Å²) >= 11 is 0. The highest BCUT2D eigenvalue weighted by Gasteiger charge is 2.27. The summed E-state index contributed by atoms with van der Waals surface area (Å²) in [5.41, 5.74) is 4.94. The molecule has 0 aromatic carbocycles. The van der Waals surface area contributed by atoms with Crippen LogP contribution in [0.5, 0.6) is 0 Å². The highest BCUT2D eigenvalue weighted by atomic mass is 19.4. The van der Waals surface area contributed by atoms with E-state index in [1.165, 1.54) is 28.4 Å². The van der Waals surface area contributed by atoms with E-state index in [-0.39, 0.29) is 16.5 Å². The summed E-state index contributed by atoms with van der Waals surface area (Å²) in [7, 11) is 2.98. The molecule has 0 spiro atoms. The van der Waals surface area contributed by atoms with Crippen LogP contribution in [0.1, 0.15) is 5.69 Å². The van der Waals surface area contributed by atoms with Crippen LogP contribution in [0.2, 0.25) is 0 Å². The molecular formula is C23H18F4N6O2. The number of rotatable bonds is 4. The van der Waals surface area contributed by atoms with Gasteiger partial charge in [-0.25, -0.2) is 4.39 Å². The molecule has 4 rings (SSSR count). The van der Waals surface area contributed by atoms with Crippen molar-refractivity contribution in [3.8, 4) is 22.3 Å². The third kappa shape index (κ3) is 4.37. The zero-order valence-corrected chi connectivity index (χ0v) is 18.4. The highest BCUT2D eigenvalue weighted by molar-refractivity contribution is 6.11. The van der Waals surface area contributed by atoms with E-state index >= 15 is 4.39 Å². The van der Waals surface area contributed by atoms with E-state index in [1.807, 2.05) is 0 Å². The van der Waals surface area contributed by atoms with Gasteiger partial charge in [0, 0.05) is 79.6 Å². The van der Waals surface area contributed by atoms with Crippen LogP contribution in [0.3, 0.4) is 0 Å². The first kappa shape index (κ1) is 23.7. The van der Waals surface area contributed by atoms with E-state index in [9.17, 15) is 22.8 Å². The average molecular weight is 486 g/mol. The molecule has 0 saturated carbocycles. The van der Waals surface area contributed by atoms with E-state index in [0.29, 0.717) is 22.9 Å². The predicted molar refractivity (Wildman–Crippen MR) is 124 cm³/mol. The number of hydrogen-bond acceptors (Lipinski definition) is 5. The Balaban J connectivity index is 2.07. The Morgan fingerprint density at radius 2 is 1.86 bits per heavy atom. The first-order chi connectivity index (χ1) is 16.5. The van der Waals surface area contributed by atoms with Crippen LogP contribution in [0.25, 0.3) is 38.7 Å². The monoisotopic (exact) mass is 486 g/mol. The van der Waals surface area contributed by atoms with Crippen molar-refractivity contribution < 1.29 is 17.6 Å². The Kier molecular flexibility index (Phi) is 5.89. The summed E-state index contributed by atoms with van der Waals surface area (Å²) in [5, 5.41) is -0.207.